The van der Waals surface area contributed by atoms with Crippen LogP contribution in [0.25, 0.3) is 0 Å². The third-order valence-corrected chi connectivity index (χ3v) is 3.63. The summed E-state index contributed by atoms with van der Waals surface area (Å²) >= 11 is 0. The SMILES string of the molecule is CCCNC(c1ccc(OC)cc1)c1ncccc1CC. The van der Waals surface area contributed by atoms with Gasteiger partial charge >= 0.3 is 0 Å². The van der Waals surface area contributed by atoms with Gasteiger partial charge in [-0.2, -0.15) is 0 Å². The van der Waals surface area contributed by atoms with Crippen LogP contribution in [0.3, 0.4) is 0 Å². The fourth-order valence-corrected chi connectivity index (χ4v) is 2.47. The van der Waals surface area contributed by atoms with Crippen LogP contribution in [0.2, 0.25) is 0 Å². The Morgan fingerprint density at radius 1 is 1.14 bits per heavy atom. The average molecular weight is 284 g/mol. The van der Waals surface area contributed by atoms with Gasteiger partial charge in [0.05, 0.1) is 18.8 Å². The van der Waals surface area contributed by atoms with E-state index in [9.17, 15) is 0 Å². The van der Waals surface area contributed by atoms with E-state index in [-0.39, 0.29) is 6.04 Å². The second kappa shape index (κ2) is 7.79. The van der Waals surface area contributed by atoms with E-state index in [1.807, 2.05) is 24.4 Å². The van der Waals surface area contributed by atoms with Gasteiger partial charge in [-0.05, 0) is 48.7 Å². The Morgan fingerprint density at radius 3 is 2.52 bits per heavy atom. The van der Waals surface area contributed by atoms with E-state index in [1.165, 1.54) is 11.1 Å². The summed E-state index contributed by atoms with van der Waals surface area (Å²) in [5.41, 5.74) is 3.64. The third-order valence-electron chi connectivity index (χ3n) is 3.63. The molecular formula is C18H24N2O. The number of aromatic nitrogens is 1. The lowest BCUT2D eigenvalue weighted by Gasteiger charge is -2.21. The lowest BCUT2D eigenvalue weighted by Crippen LogP contribution is -2.25. The molecule has 21 heavy (non-hydrogen) atoms. The van der Waals surface area contributed by atoms with E-state index >= 15 is 0 Å². The van der Waals surface area contributed by atoms with Gasteiger partial charge in [-0.25, -0.2) is 0 Å². The van der Waals surface area contributed by atoms with E-state index in [0.717, 1.165) is 30.8 Å². The van der Waals surface area contributed by atoms with Crippen LogP contribution in [0, 0.1) is 0 Å². The number of nitrogens with zero attached hydrogens (tertiary/aromatic N) is 1. The second-order valence-corrected chi connectivity index (χ2v) is 5.06. The van der Waals surface area contributed by atoms with Crippen molar-refractivity contribution in [2.75, 3.05) is 13.7 Å². The number of hydrogen-bond donors (Lipinski definition) is 1. The molecule has 0 aliphatic carbocycles. The molecule has 0 aliphatic rings. The number of ether oxygens (including phenoxy) is 1. The van der Waals surface area contributed by atoms with Gasteiger partial charge in [0.25, 0.3) is 0 Å². The molecule has 3 heteroatoms. The summed E-state index contributed by atoms with van der Waals surface area (Å²) in [5, 5.41) is 3.61. The molecule has 0 fully saturated rings. The zero-order valence-corrected chi connectivity index (χ0v) is 13.1. The van der Waals surface area contributed by atoms with Crippen molar-refractivity contribution < 1.29 is 4.74 Å². The van der Waals surface area contributed by atoms with Gasteiger partial charge in [-0.1, -0.05) is 32.0 Å². The Morgan fingerprint density at radius 2 is 1.90 bits per heavy atom. The highest BCUT2D eigenvalue weighted by Gasteiger charge is 2.17. The molecule has 0 radical (unpaired) electrons. The van der Waals surface area contributed by atoms with Crippen LogP contribution in [0.15, 0.2) is 42.6 Å². The van der Waals surface area contributed by atoms with Gasteiger partial charge < -0.3 is 10.1 Å². The Bertz CT molecular complexity index is 551. The van der Waals surface area contributed by atoms with Gasteiger partial charge in [-0.15, -0.1) is 0 Å². The maximum Gasteiger partial charge on any atom is 0.118 e. The van der Waals surface area contributed by atoms with Gasteiger partial charge in [0.1, 0.15) is 5.75 Å². The second-order valence-electron chi connectivity index (χ2n) is 5.06. The molecule has 0 spiro atoms. The molecule has 0 saturated carbocycles. The summed E-state index contributed by atoms with van der Waals surface area (Å²) in [6, 6.07) is 12.5. The van der Waals surface area contributed by atoms with Gasteiger partial charge in [0, 0.05) is 6.20 Å². The number of pyridine rings is 1. The van der Waals surface area contributed by atoms with Gasteiger partial charge in [0.2, 0.25) is 0 Å². The van der Waals surface area contributed by atoms with E-state index in [2.05, 4.69) is 42.3 Å². The number of hydrogen-bond acceptors (Lipinski definition) is 3. The van der Waals surface area contributed by atoms with Crippen LogP contribution in [0.4, 0.5) is 0 Å². The monoisotopic (exact) mass is 284 g/mol. The number of aryl methyl sites for hydroxylation is 1. The molecule has 3 nitrogen and oxygen atoms in total. The van der Waals surface area contributed by atoms with Crippen molar-refractivity contribution in [2.45, 2.75) is 32.7 Å². The standard InChI is InChI=1S/C18H24N2O/c1-4-12-19-18(15-8-10-16(21-3)11-9-15)17-14(5-2)7-6-13-20-17/h6-11,13,18-19H,4-5,12H2,1-3H3. The van der Waals surface area contributed by atoms with Gasteiger partial charge in [0.15, 0.2) is 0 Å². The van der Waals surface area contributed by atoms with Crippen molar-refractivity contribution in [1.29, 1.82) is 0 Å². The van der Waals surface area contributed by atoms with Crippen molar-refractivity contribution in [3.05, 3.63) is 59.4 Å². The molecule has 1 heterocycles. The fraction of sp³-hybridized carbons (Fsp3) is 0.389. The quantitative estimate of drug-likeness (QED) is 0.841. The molecule has 1 aromatic carbocycles. The minimum absolute atomic E-state index is 0.131. The minimum Gasteiger partial charge on any atom is -0.497 e. The van der Waals surface area contributed by atoms with Crippen molar-refractivity contribution in [1.82, 2.24) is 10.3 Å². The predicted octanol–water partition coefficient (Wildman–Crippen LogP) is 3.74. The van der Waals surface area contributed by atoms with E-state index in [4.69, 9.17) is 4.74 Å². The maximum absolute atomic E-state index is 5.24. The zero-order valence-electron chi connectivity index (χ0n) is 13.1. The first-order chi connectivity index (χ1) is 10.3. The third kappa shape index (κ3) is 3.82. The molecule has 0 bridgehead atoms. The predicted molar refractivity (Wildman–Crippen MR) is 86.7 cm³/mol. The van der Waals surface area contributed by atoms with E-state index < -0.39 is 0 Å². The molecule has 0 aliphatic heterocycles. The van der Waals surface area contributed by atoms with Crippen LogP contribution >= 0.6 is 0 Å². The number of nitrogens with one attached hydrogen (secondary N) is 1. The molecule has 0 saturated heterocycles. The summed E-state index contributed by atoms with van der Waals surface area (Å²) in [4.78, 5) is 4.63. The highest BCUT2D eigenvalue weighted by Crippen LogP contribution is 2.25. The largest absolute Gasteiger partial charge is 0.497 e. The first-order valence-electron chi connectivity index (χ1n) is 7.61. The summed E-state index contributed by atoms with van der Waals surface area (Å²) in [5.74, 6) is 0.879. The van der Waals surface area contributed by atoms with Crippen LogP contribution in [0.1, 0.15) is 43.1 Å². The Kier molecular flexibility index (Phi) is 5.76. The molecule has 2 aromatic rings. The Labute approximate surface area is 127 Å². The first kappa shape index (κ1) is 15.5. The average Bonchev–Trinajstić information content (AvgIpc) is 2.56. The number of methoxy groups -OCH3 is 1. The summed E-state index contributed by atoms with van der Waals surface area (Å²) in [7, 11) is 1.69. The number of rotatable bonds is 7. The summed E-state index contributed by atoms with van der Waals surface area (Å²) in [6.45, 7) is 5.32. The fourth-order valence-electron chi connectivity index (χ4n) is 2.47. The number of benzene rings is 1. The van der Waals surface area contributed by atoms with Crippen LogP contribution in [0.5, 0.6) is 5.75 Å². The highest BCUT2D eigenvalue weighted by molar-refractivity contribution is 5.36. The first-order valence-corrected chi connectivity index (χ1v) is 7.61. The molecule has 112 valence electrons. The molecule has 1 aromatic heterocycles. The van der Waals surface area contributed by atoms with Crippen molar-refractivity contribution in [3.63, 3.8) is 0 Å². The Balaban J connectivity index is 2.36. The van der Waals surface area contributed by atoms with Gasteiger partial charge in [-0.3, -0.25) is 4.98 Å². The molecule has 1 N–H and O–H groups in total. The summed E-state index contributed by atoms with van der Waals surface area (Å²) in [6.07, 6.45) is 3.96. The van der Waals surface area contributed by atoms with Crippen LogP contribution in [-0.2, 0) is 6.42 Å². The normalized spacial score (nSPS) is 12.1. The van der Waals surface area contributed by atoms with Crippen molar-refractivity contribution >= 4 is 0 Å². The smallest absolute Gasteiger partial charge is 0.118 e. The topological polar surface area (TPSA) is 34.1 Å². The Hall–Kier alpha value is -1.87. The highest BCUT2D eigenvalue weighted by atomic mass is 16.5. The van der Waals surface area contributed by atoms with Crippen molar-refractivity contribution in [3.8, 4) is 5.75 Å². The van der Waals surface area contributed by atoms with Crippen LogP contribution in [-0.4, -0.2) is 18.6 Å². The molecule has 2 rings (SSSR count). The zero-order chi connectivity index (χ0) is 15.1. The molecule has 1 atom stereocenters. The molecule has 1 unspecified atom stereocenters. The minimum atomic E-state index is 0.131. The summed E-state index contributed by atoms with van der Waals surface area (Å²) < 4.78 is 5.24. The molecule has 0 amide bonds. The van der Waals surface area contributed by atoms with Crippen LogP contribution < -0.4 is 10.1 Å². The van der Waals surface area contributed by atoms with E-state index in [0.29, 0.717) is 0 Å². The maximum atomic E-state index is 5.24. The molecular weight excluding hydrogens is 260 g/mol. The van der Waals surface area contributed by atoms with E-state index in [1.54, 1.807) is 7.11 Å². The lowest BCUT2D eigenvalue weighted by molar-refractivity contribution is 0.414. The lowest BCUT2D eigenvalue weighted by atomic mass is 9.98. The van der Waals surface area contributed by atoms with Crippen molar-refractivity contribution in [2.24, 2.45) is 0 Å².